The number of hydrogen-bond acceptors (Lipinski definition) is 5. The van der Waals surface area contributed by atoms with Gasteiger partial charge in [0.05, 0.1) is 5.92 Å². The molecule has 1 aromatic carbocycles. The molecule has 3 N–H and O–H groups in total. The quantitative estimate of drug-likeness (QED) is 0.820. The Morgan fingerprint density at radius 3 is 2.78 bits per heavy atom. The van der Waals surface area contributed by atoms with Crippen molar-refractivity contribution >= 4 is 5.91 Å². The Kier molecular flexibility index (Phi) is 3.69. The zero-order valence-corrected chi connectivity index (χ0v) is 9.96. The first-order valence-corrected chi connectivity index (χ1v) is 5.57. The number of aromatic nitrogens is 2. The normalized spacial score (nSPS) is 12.1. The Morgan fingerprint density at radius 2 is 2.17 bits per heavy atom. The van der Waals surface area contributed by atoms with E-state index < -0.39 is 0 Å². The summed E-state index contributed by atoms with van der Waals surface area (Å²) in [5.74, 6) is -0.213. The van der Waals surface area contributed by atoms with E-state index in [1.54, 1.807) is 0 Å². The fourth-order valence-corrected chi connectivity index (χ4v) is 1.65. The molecule has 0 aliphatic rings. The molecule has 2 rings (SSSR count). The summed E-state index contributed by atoms with van der Waals surface area (Å²) in [4.78, 5) is 15.4. The molecule has 94 valence electrons. The number of benzene rings is 1. The number of hydrogen-bond donors (Lipinski definition) is 2. The van der Waals surface area contributed by atoms with Crippen molar-refractivity contribution in [2.75, 3.05) is 13.6 Å². The second kappa shape index (κ2) is 5.42. The van der Waals surface area contributed by atoms with Gasteiger partial charge in [-0.05, 0) is 5.56 Å². The van der Waals surface area contributed by atoms with Gasteiger partial charge < -0.3 is 15.6 Å². The SMILES string of the molecule is CNC(=O)c1noc(C(CN)c2ccccc2)n1. The fourth-order valence-electron chi connectivity index (χ4n) is 1.65. The topological polar surface area (TPSA) is 94.0 Å². The van der Waals surface area contributed by atoms with Crippen molar-refractivity contribution in [3.8, 4) is 0 Å². The Morgan fingerprint density at radius 1 is 1.44 bits per heavy atom. The minimum Gasteiger partial charge on any atom is -0.352 e. The van der Waals surface area contributed by atoms with E-state index >= 15 is 0 Å². The molecule has 1 unspecified atom stereocenters. The van der Waals surface area contributed by atoms with Gasteiger partial charge in [-0.15, -0.1) is 0 Å². The molecule has 1 heterocycles. The first-order chi connectivity index (χ1) is 8.76. The van der Waals surface area contributed by atoms with Gasteiger partial charge in [0.15, 0.2) is 0 Å². The summed E-state index contributed by atoms with van der Waals surface area (Å²) < 4.78 is 5.09. The molecule has 0 fully saturated rings. The highest BCUT2D eigenvalue weighted by molar-refractivity contribution is 5.89. The zero-order valence-electron chi connectivity index (χ0n) is 9.96. The fraction of sp³-hybridized carbons (Fsp3) is 0.250. The molecule has 0 aliphatic heterocycles. The van der Waals surface area contributed by atoms with Gasteiger partial charge in [-0.3, -0.25) is 4.79 Å². The molecule has 18 heavy (non-hydrogen) atoms. The van der Waals surface area contributed by atoms with Gasteiger partial charge >= 0.3 is 0 Å². The van der Waals surface area contributed by atoms with Crippen LogP contribution < -0.4 is 11.1 Å². The second-order valence-corrected chi connectivity index (χ2v) is 3.73. The summed E-state index contributed by atoms with van der Waals surface area (Å²) in [7, 11) is 1.51. The number of carbonyl (C=O) groups is 1. The number of amides is 1. The molecule has 1 aromatic heterocycles. The van der Waals surface area contributed by atoms with Crippen molar-refractivity contribution in [3.63, 3.8) is 0 Å². The summed E-state index contributed by atoms with van der Waals surface area (Å²) in [5, 5.41) is 6.06. The van der Waals surface area contributed by atoms with Crippen LogP contribution in [0.1, 0.15) is 28.0 Å². The lowest BCUT2D eigenvalue weighted by atomic mass is 9.99. The number of nitrogens with two attached hydrogens (primary N) is 1. The number of nitrogens with one attached hydrogen (secondary N) is 1. The Labute approximate surface area is 104 Å². The van der Waals surface area contributed by atoms with Crippen LogP contribution >= 0.6 is 0 Å². The number of rotatable bonds is 4. The van der Waals surface area contributed by atoms with Crippen LogP contribution in [0.5, 0.6) is 0 Å². The molecule has 1 amide bonds. The molecule has 0 aliphatic carbocycles. The molecular weight excluding hydrogens is 232 g/mol. The largest absolute Gasteiger partial charge is 0.352 e. The predicted octanol–water partition coefficient (Wildman–Crippen LogP) is 0.520. The van der Waals surface area contributed by atoms with Crippen molar-refractivity contribution < 1.29 is 9.32 Å². The number of carbonyl (C=O) groups excluding carboxylic acids is 1. The van der Waals surface area contributed by atoms with Gasteiger partial charge in [-0.1, -0.05) is 35.5 Å². The van der Waals surface area contributed by atoms with E-state index in [1.165, 1.54) is 7.05 Å². The van der Waals surface area contributed by atoms with Crippen LogP contribution in [-0.2, 0) is 0 Å². The van der Waals surface area contributed by atoms with Crippen LogP contribution in [-0.4, -0.2) is 29.6 Å². The van der Waals surface area contributed by atoms with Crippen molar-refractivity contribution in [3.05, 3.63) is 47.6 Å². The van der Waals surface area contributed by atoms with E-state index in [0.29, 0.717) is 12.4 Å². The standard InChI is InChI=1S/C12H14N4O2/c1-14-11(17)10-15-12(18-16-10)9(7-13)8-5-3-2-4-6-8/h2-6,9H,7,13H2,1H3,(H,14,17). The zero-order chi connectivity index (χ0) is 13.0. The highest BCUT2D eigenvalue weighted by Gasteiger charge is 2.21. The van der Waals surface area contributed by atoms with Crippen molar-refractivity contribution in [2.24, 2.45) is 5.73 Å². The average molecular weight is 246 g/mol. The van der Waals surface area contributed by atoms with Crippen LogP contribution in [0.4, 0.5) is 0 Å². The lowest BCUT2D eigenvalue weighted by Crippen LogP contribution is -2.20. The Bertz CT molecular complexity index is 524. The molecule has 6 nitrogen and oxygen atoms in total. The number of nitrogens with zero attached hydrogens (tertiary/aromatic N) is 2. The van der Waals surface area contributed by atoms with Crippen LogP contribution in [0.2, 0.25) is 0 Å². The summed E-state index contributed by atoms with van der Waals surface area (Å²) in [6, 6.07) is 9.60. The average Bonchev–Trinajstić information content (AvgIpc) is 2.89. The second-order valence-electron chi connectivity index (χ2n) is 3.73. The summed E-state index contributed by atoms with van der Waals surface area (Å²) in [5.41, 5.74) is 6.71. The lowest BCUT2D eigenvalue weighted by molar-refractivity contribution is 0.0950. The predicted molar refractivity (Wildman–Crippen MR) is 65.0 cm³/mol. The van der Waals surface area contributed by atoms with Crippen LogP contribution in [0.15, 0.2) is 34.9 Å². The minimum atomic E-state index is -0.381. The van der Waals surface area contributed by atoms with Gasteiger partial charge in [0.25, 0.3) is 11.7 Å². The molecule has 1 atom stereocenters. The third kappa shape index (κ3) is 2.38. The van der Waals surface area contributed by atoms with Crippen molar-refractivity contribution in [1.82, 2.24) is 15.5 Å². The lowest BCUT2D eigenvalue weighted by Gasteiger charge is -2.09. The first kappa shape index (κ1) is 12.3. The van der Waals surface area contributed by atoms with Gasteiger partial charge in [0.1, 0.15) is 0 Å². The maximum Gasteiger partial charge on any atom is 0.292 e. The third-order valence-corrected chi connectivity index (χ3v) is 2.61. The van der Waals surface area contributed by atoms with E-state index in [0.717, 1.165) is 5.56 Å². The Balaban J connectivity index is 2.29. The minimum absolute atomic E-state index is 0.0156. The Hall–Kier alpha value is -2.21. The van der Waals surface area contributed by atoms with Gasteiger partial charge in [0, 0.05) is 13.6 Å². The highest BCUT2D eigenvalue weighted by Crippen LogP contribution is 2.21. The maximum atomic E-state index is 11.3. The highest BCUT2D eigenvalue weighted by atomic mass is 16.5. The molecule has 6 heteroatoms. The van der Waals surface area contributed by atoms with Crippen molar-refractivity contribution in [1.29, 1.82) is 0 Å². The molecule has 2 aromatic rings. The van der Waals surface area contributed by atoms with Gasteiger partial charge in [0.2, 0.25) is 5.89 Å². The molecule has 0 radical (unpaired) electrons. The molecule has 0 bridgehead atoms. The van der Waals surface area contributed by atoms with Crippen LogP contribution in [0.3, 0.4) is 0 Å². The summed E-state index contributed by atoms with van der Waals surface area (Å²) in [6.07, 6.45) is 0. The monoisotopic (exact) mass is 246 g/mol. The smallest absolute Gasteiger partial charge is 0.292 e. The summed E-state index contributed by atoms with van der Waals surface area (Å²) in [6.45, 7) is 0.333. The molecule has 0 saturated heterocycles. The van der Waals surface area contributed by atoms with Crippen LogP contribution in [0, 0.1) is 0 Å². The molecular formula is C12H14N4O2. The molecule has 0 saturated carbocycles. The van der Waals surface area contributed by atoms with Gasteiger partial charge in [-0.25, -0.2) is 0 Å². The van der Waals surface area contributed by atoms with Crippen molar-refractivity contribution in [2.45, 2.75) is 5.92 Å². The third-order valence-electron chi connectivity index (χ3n) is 2.61. The molecule has 0 spiro atoms. The van der Waals surface area contributed by atoms with E-state index in [1.807, 2.05) is 30.3 Å². The van der Waals surface area contributed by atoms with Crippen LogP contribution in [0.25, 0.3) is 0 Å². The summed E-state index contributed by atoms with van der Waals surface area (Å²) >= 11 is 0. The van der Waals surface area contributed by atoms with E-state index in [-0.39, 0.29) is 17.6 Å². The van der Waals surface area contributed by atoms with E-state index in [2.05, 4.69) is 15.5 Å². The maximum absolute atomic E-state index is 11.3. The van der Waals surface area contributed by atoms with E-state index in [4.69, 9.17) is 10.3 Å². The van der Waals surface area contributed by atoms with E-state index in [9.17, 15) is 4.79 Å². The van der Waals surface area contributed by atoms with Gasteiger partial charge in [-0.2, -0.15) is 4.98 Å². The first-order valence-electron chi connectivity index (χ1n) is 5.57.